The summed E-state index contributed by atoms with van der Waals surface area (Å²) in [6, 6.07) is 0. The summed E-state index contributed by atoms with van der Waals surface area (Å²) in [6.07, 6.45) is 7.36. The van der Waals surface area contributed by atoms with Gasteiger partial charge in [0.15, 0.2) is 0 Å². The first-order chi connectivity index (χ1) is 8.13. The molecule has 0 saturated heterocycles. The van der Waals surface area contributed by atoms with E-state index in [1.807, 2.05) is 0 Å². The lowest BCUT2D eigenvalue weighted by Gasteiger charge is -2.32. The van der Waals surface area contributed by atoms with Crippen molar-refractivity contribution in [3.05, 3.63) is 0 Å². The largest absolute Gasteiger partial charge is 0.373 e. The maximum atomic E-state index is 6.31. The third kappa shape index (κ3) is 5.87. The molecule has 1 fully saturated rings. The van der Waals surface area contributed by atoms with Crippen LogP contribution in [-0.4, -0.2) is 25.3 Å². The molecule has 0 spiro atoms. The van der Waals surface area contributed by atoms with E-state index in [0.29, 0.717) is 18.1 Å². The Balaban J connectivity index is 2.31. The number of hydrogen-bond acceptors (Lipinski definition) is 2. The van der Waals surface area contributed by atoms with Gasteiger partial charge >= 0.3 is 0 Å². The molecular weight excluding hydrogens is 210 g/mol. The van der Waals surface area contributed by atoms with Crippen molar-refractivity contribution < 1.29 is 4.74 Å². The molecule has 1 aliphatic rings. The highest BCUT2D eigenvalue weighted by atomic mass is 16.5. The Morgan fingerprint density at radius 2 is 2.06 bits per heavy atom. The van der Waals surface area contributed by atoms with Crippen molar-refractivity contribution in [2.75, 3.05) is 13.1 Å². The van der Waals surface area contributed by atoms with Crippen LogP contribution in [0.5, 0.6) is 0 Å². The minimum Gasteiger partial charge on any atom is -0.373 e. The van der Waals surface area contributed by atoms with Crippen molar-refractivity contribution in [1.82, 2.24) is 5.32 Å². The molecule has 0 aromatic rings. The maximum Gasteiger partial charge on any atom is 0.0726 e. The zero-order chi connectivity index (χ0) is 12.7. The topological polar surface area (TPSA) is 21.3 Å². The highest BCUT2D eigenvalue weighted by Gasteiger charge is 2.24. The molecule has 2 heteroatoms. The molecule has 1 saturated carbocycles. The zero-order valence-electron chi connectivity index (χ0n) is 12.2. The first kappa shape index (κ1) is 15.0. The van der Waals surface area contributed by atoms with Gasteiger partial charge in [-0.25, -0.2) is 0 Å². The van der Waals surface area contributed by atoms with E-state index < -0.39 is 0 Å². The normalized spacial score (nSPS) is 27.4. The highest BCUT2D eigenvalue weighted by molar-refractivity contribution is 4.74. The summed E-state index contributed by atoms with van der Waals surface area (Å²) in [6.45, 7) is 11.2. The second-order valence-corrected chi connectivity index (χ2v) is 6.02. The van der Waals surface area contributed by atoms with Crippen LogP contribution >= 0.6 is 0 Å². The lowest BCUT2D eigenvalue weighted by atomic mass is 9.88. The smallest absolute Gasteiger partial charge is 0.0726 e. The van der Waals surface area contributed by atoms with Crippen molar-refractivity contribution in [1.29, 1.82) is 0 Å². The fourth-order valence-corrected chi connectivity index (χ4v) is 2.61. The van der Waals surface area contributed by atoms with E-state index in [-0.39, 0.29) is 0 Å². The van der Waals surface area contributed by atoms with E-state index >= 15 is 0 Å². The fourth-order valence-electron chi connectivity index (χ4n) is 2.61. The minimum absolute atomic E-state index is 0.386. The summed E-state index contributed by atoms with van der Waals surface area (Å²) in [5.41, 5.74) is 0. The average Bonchev–Trinajstić information content (AvgIpc) is 2.28. The lowest BCUT2D eigenvalue weighted by molar-refractivity contribution is -0.0569. The Labute approximate surface area is 108 Å². The van der Waals surface area contributed by atoms with Gasteiger partial charge in [0, 0.05) is 6.54 Å². The molecule has 0 radical (unpaired) electrons. The van der Waals surface area contributed by atoms with Gasteiger partial charge in [-0.15, -0.1) is 0 Å². The molecule has 3 atom stereocenters. The number of nitrogens with one attached hydrogen (secondary N) is 1. The molecule has 0 aromatic heterocycles. The Hall–Kier alpha value is -0.0800. The van der Waals surface area contributed by atoms with Crippen LogP contribution in [0, 0.1) is 11.8 Å². The minimum atomic E-state index is 0.386. The first-order valence-electron chi connectivity index (χ1n) is 7.49. The molecule has 17 heavy (non-hydrogen) atoms. The van der Waals surface area contributed by atoms with Crippen molar-refractivity contribution in [2.45, 2.75) is 72.0 Å². The van der Waals surface area contributed by atoms with Gasteiger partial charge in [0.2, 0.25) is 0 Å². The molecule has 0 amide bonds. The van der Waals surface area contributed by atoms with Gasteiger partial charge in [0.05, 0.1) is 12.2 Å². The molecule has 2 nitrogen and oxygen atoms in total. The van der Waals surface area contributed by atoms with Crippen molar-refractivity contribution >= 4 is 0 Å². The predicted molar refractivity (Wildman–Crippen MR) is 74.3 cm³/mol. The summed E-state index contributed by atoms with van der Waals surface area (Å²) >= 11 is 0. The molecule has 1 rings (SSSR count). The van der Waals surface area contributed by atoms with E-state index in [0.717, 1.165) is 19.0 Å². The van der Waals surface area contributed by atoms with E-state index in [1.165, 1.54) is 32.1 Å². The third-order valence-corrected chi connectivity index (χ3v) is 3.77. The van der Waals surface area contributed by atoms with Crippen molar-refractivity contribution in [2.24, 2.45) is 11.8 Å². The van der Waals surface area contributed by atoms with Crippen LogP contribution in [0.2, 0.25) is 0 Å². The summed E-state index contributed by atoms with van der Waals surface area (Å²) in [5.74, 6) is 1.46. The van der Waals surface area contributed by atoms with Crippen LogP contribution in [0.3, 0.4) is 0 Å². The molecule has 0 heterocycles. The Bertz CT molecular complexity index is 193. The van der Waals surface area contributed by atoms with Gasteiger partial charge in [0.25, 0.3) is 0 Å². The lowest BCUT2D eigenvalue weighted by Crippen LogP contribution is -2.37. The Morgan fingerprint density at radius 1 is 1.29 bits per heavy atom. The first-order valence-corrected chi connectivity index (χ1v) is 7.49. The van der Waals surface area contributed by atoms with E-state index in [2.05, 4.69) is 33.0 Å². The number of ether oxygens (including phenoxy) is 1. The van der Waals surface area contributed by atoms with Crippen LogP contribution in [0.25, 0.3) is 0 Å². The van der Waals surface area contributed by atoms with Crippen LogP contribution < -0.4 is 5.32 Å². The van der Waals surface area contributed by atoms with Gasteiger partial charge in [-0.2, -0.15) is 0 Å². The summed E-state index contributed by atoms with van der Waals surface area (Å²) in [7, 11) is 0. The second-order valence-electron chi connectivity index (χ2n) is 6.02. The number of hydrogen-bond donors (Lipinski definition) is 1. The second kappa shape index (κ2) is 8.10. The van der Waals surface area contributed by atoms with Gasteiger partial charge in [-0.05, 0) is 37.6 Å². The summed E-state index contributed by atoms with van der Waals surface area (Å²) in [5, 5.41) is 3.49. The highest BCUT2D eigenvalue weighted by Crippen LogP contribution is 2.27. The van der Waals surface area contributed by atoms with Crippen LogP contribution in [0.1, 0.15) is 59.8 Å². The fraction of sp³-hybridized carbons (Fsp3) is 1.00. The standard InChI is InChI=1S/C15H31NO/c1-5-9-16-11-15(12(2)3)17-14-8-6-7-13(4)10-14/h12-16H,5-11H2,1-4H3. The maximum absolute atomic E-state index is 6.31. The van der Waals surface area contributed by atoms with Gasteiger partial charge in [-0.1, -0.05) is 40.5 Å². The molecule has 3 unspecified atom stereocenters. The van der Waals surface area contributed by atoms with Crippen LogP contribution in [0.4, 0.5) is 0 Å². The molecule has 0 bridgehead atoms. The van der Waals surface area contributed by atoms with E-state index in [9.17, 15) is 0 Å². The van der Waals surface area contributed by atoms with Gasteiger partial charge < -0.3 is 10.1 Å². The molecule has 1 aliphatic carbocycles. The van der Waals surface area contributed by atoms with E-state index in [4.69, 9.17) is 4.74 Å². The summed E-state index contributed by atoms with van der Waals surface area (Å²) in [4.78, 5) is 0. The SMILES string of the molecule is CCCNCC(OC1CCCC(C)C1)C(C)C. The third-order valence-electron chi connectivity index (χ3n) is 3.77. The Morgan fingerprint density at radius 3 is 2.65 bits per heavy atom. The van der Waals surface area contributed by atoms with E-state index in [1.54, 1.807) is 0 Å². The van der Waals surface area contributed by atoms with Gasteiger partial charge in [-0.3, -0.25) is 0 Å². The van der Waals surface area contributed by atoms with Crippen LogP contribution in [0.15, 0.2) is 0 Å². The van der Waals surface area contributed by atoms with Crippen molar-refractivity contribution in [3.8, 4) is 0 Å². The predicted octanol–water partition coefficient (Wildman–Crippen LogP) is 3.61. The monoisotopic (exact) mass is 241 g/mol. The molecule has 1 N–H and O–H groups in total. The van der Waals surface area contributed by atoms with Crippen molar-refractivity contribution in [3.63, 3.8) is 0 Å². The zero-order valence-corrected chi connectivity index (χ0v) is 12.2. The molecule has 0 aliphatic heterocycles. The molecule has 0 aromatic carbocycles. The molecule has 102 valence electrons. The Kier molecular flexibility index (Phi) is 7.14. The van der Waals surface area contributed by atoms with Gasteiger partial charge in [0.1, 0.15) is 0 Å². The number of rotatable bonds is 7. The quantitative estimate of drug-likeness (QED) is 0.688. The summed E-state index contributed by atoms with van der Waals surface area (Å²) < 4.78 is 6.31. The average molecular weight is 241 g/mol. The van der Waals surface area contributed by atoms with Crippen LogP contribution in [-0.2, 0) is 4.74 Å². The molecular formula is C15H31NO.